The van der Waals surface area contributed by atoms with Gasteiger partial charge < -0.3 is 10.2 Å². The molecular weight excluding hydrogens is 278 g/mol. The van der Waals surface area contributed by atoms with Crippen molar-refractivity contribution in [2.45, 2.75) is 31.4 Å². The highest BCUT2D eigenvalue weighted by Gasteiger charge is 2.29. The second kappa shape index (κ2) is 6.13. The fourth-order valence-electron chi connectivity index (χ4n) is 2.11. The number of carbonyl (C=O) groups is 1. The van der Waals surface area contributed by atoms with E-state index in [4.69, 9.17) is 0 Å². The average molecular weight is 299 g/mol. The summed E-state index contributed by atoms with van der Waals surface area (Å²) in [6, 6.07) is 0.0526. The lowest BCUT2D eigenvalue weighted by Gasteiger charge is -2.37. The molecule has 1 aromatic heterocycles. The zero-order chi connectivity index (χ0) is 13.9. The van der Waals surface area contributed by atoms with Gasteiger partial charge in [-0.05, 0) is 13.8 Å². The second-order valence-corrected chi connectivity index (χ2v) is 8.22. The fraction of sp³-hybridized carbons (Fsp3) is 0.692. The molecule has 0 radical (unpaired) electrons. The number of rotatable bonds is 3. The van der Waals surface area contributed by atoms with Crippen molar-refractivity contribution in [3.63, 3.8) is 0 Å². The third-order valence-electron chi connectivity index (χ3n) is 3.15. The molecule has 0 bridgehead atoms. The van der Waals surface area contributed by atoms with Crippen molar-refractivity contribution in [1.29, 1.82) is 0 Å². The predicted molar refractivity (Wildman–Crippen MR) is 82.0 cm³/mol. The number of thioether (sulfide) groups is 1. The van der Waals surface area contributed by atoms with Gasteiger partial charge in [0.1, 0.15) is 0 Å². The van der Waals surface area contributed by atoms with Crippen LogP contribution in [0.25, 0.3) is 0 Å². The Morgan fingerprint density at radius 2 is 2.42 bits per heavy atom. The molecule has 1 N–H and O–H groups in total. The molecule has 0 unspecified atom stereocenters. The van der Waals surface area contributed by atoms with Crippen molar-refractivity contribution < 1.29 is 4.79 Å². The molecule has 106 valence electrons. The van der Waals surface area contributed by atoms with Crippen LogP contribution in [0.3, 0.4) is 0 Å². The van der Waals surface area contributed by atoms with Crippen LogP contribution >= 0.6 is 23.1 Å². The number of urea groups is 1. The largest absolute Gasteiger partial charge is 0.337 e. The molecule has 0 spiro atoms. The van der Waals surface area contributed by atoms with Crippen LogP contribution in [0.15, 0.2) is 11.6 Å². The van der Waals surface area contributed by atoms with Gasteiger partial charge in [-0.25, -0.2) is 9.78 Å². The Bertz CT molecular complexity index is 420. The zero-order valence-corrected chi connectivity index (χ0v) is 13.3. The average Bonchev–Trinajstić information content (AvgIpc) is 2.88. The standard InChI is InChI=1S/C13H21N3OS2/c1-10(11-14-4-6-18-11)8-15-12(17)16-5-7-19-13(2,3)9-16/h4,6,10H,5,7-9H2,1-3H3,(H,15,17)/t10-/m0/s1. The lowest BCUT2D eigenvalue weighted by atomic mass is 10.2. The minimum absolute atomic E-state index is 0.0526. The number of nitrogens with one attached hydrogen (secondary N) is 1. The summed E-state index contributed by atoms with van der Waals surface area (Å²) in [5.74, 6) is 1.29. The Labute approximate surface area is 123 Å². The first-order valence-corrected chi connectivity index (χ1v) is 8.40. The lowest BCUT2D eigenvalue weighted by molar-refractivity contribution is 0.194. The third kappa shape index (κ3) is 4.11. The molecule has 1 atom stereocenters. The summed E-state index contributed by atoms with van der Waals surface area (Å²) in [5.41, 5.74) is 0. The Morgan fingerprint density at radius 3 is 3.05 bits per heavy atom. The lowest BCUT2D eigenvalue weighted by Crippen LogP contribution is -2.50. The number of aromatic nitrogens is 1. The monoisotopic (exact) mass is 299 g/mol. The normalized spacial score (nSPS) is 20.1. The number of amides is 2. The van der Waals surface area contributed by atoms with E-state index in [1.165, 1.54) is 0 Å². The van der Waals surface area contributed by atoms with E-state index in [-0.39, 0.29) is 16.7 Å². The van der Waals surface area contributed by atoms with Gasteiger partial charge in [0.2, 0.25) is 0 Å². The van der Waals surface area contributed by atoms with Gasteiger partial charge in [0.15, 0.2) is 0 Å². The number of carbonyl (C=O) groups excluding carboxylic acids is 1. The van der Waals surface area contributed by atoms with Crippen LogP contribution in [-0.4, -0.2) is 46.0 Å². The topological polar surface area (TPSA) is 45.2 Å². The Balaban J connectivity index is 1.81. The molecule has 0 aromatic carbocycles. The van der Waals surface area contributed by atoms with Gasteiger partial charge >= 0.3 is 6.03 Å². The summed E-state index contributed by atoms with van der Waals surface area (Å²) < 4.78 is 0.163. The van der Waals surface area contributed by atoms with Crippen LogP contribution in [0.4, 0.5) is 4.79 Å². The molecule has 19 heavy (non-hydrogen) atoms. The van der Waals surface area contributed by atoms with E-state index in [9.17, 15) is 4.79 Å². The molecule has 2 heterocycles. The molecule has 2 amide bonds. The predicted octanol–water partition coefficient (Wildman–Crippen LogP) is 2.78. The van der Waals surface area contributed by atoms with Crippen molar-refractivity contribution in [3.05, 3.63) is 16.6 Å². The summed E-state index contributed by atoms with van der Waals surface area (Å²) >= 11 is 3.57. The molecule has 0 aliphatic carbocycles. The van der Waals surface area contributed by atoms with Crippen LogP contribution in [0.2, 0.25) is 0 Å². The van der Waals surface area contributed by atoms with Crippen molar-refractivity contribution in [1.82, 2.24) is 15.2 Å². The summed E-state index contributed by atoms with van der Waals surface area (Å²) in [4.78, 5) is 18.4. The first-order valence-electron chi connectivity index (χ1n) is 6.54. The minimum atomic E-state index is 0.0526. The van der Waals surface area contributed by atoms with E-state index in [1.807, 2.05) is 28.2 Å². The molecule has 1 aliphatic rings. The van der Waals surface area contributed by atoms with Crippen molar-refractivity contribution in [2.75, 3.05) is 25.4 Å². The van der Waals surface area contributed by atoms with Gasteiger partial charge in [-0.1, -0.05) is 6.92 Å². The quantitative estimate of drug-likeness (QED) is 0.933. The van der Waals surface area contributed by atoms with E-state index >= 15 is 0 Å². The third-order valence-corrected chi connectivity index (χ3v) is 5.45. The van der Waals surface area contributed by atoms with E-state index in [2.05, 4.69) is 31.1 Å². The van der Waals surface area contributed by atoms with Gasteiger partial charge in [-0.2, -0.15) is 11.8 Å². The number of thiazole rings is 1. The second-order valence-electron chi connectivity index (χ2n) is 5.49. The van der Waals surface area contributed by atoms with E-state index in [0.29, 0.717) is 6.54 Å². The van der Waals surface area contributed by atoms with Gasteiger partial charge in [0, 0.05) is 47.6 Å². The number of hydrogen-bond acceptors (Lipinski definition) is 4. The molecule has 4 nitrogen and oxygen atoms in total. The molecule has 1 aliphatic heterocycles. The smallest absolute Gasteiger partial charge is 0.317 e. The number of hydrogen-bond donors (Lipinski definition) is 1. The Hall–Kier alpha value is -0.750. The molecule has 0 saturated carbocycles. The highest BCUT2D eigenvalue weighted by molar-refractivity contribution is 8.00. The Kier molecular flexibility index (Phi) is 4.73. The van der Waals surface area contributed by atoms with Crippen LogP contribution in [-0.2, 0) is 0 Å². The molecule has 2 rings (SSSR count). The maximum atomic E-state index is 12.1. The summed E-state index contributed by atoms with van der Waals surface area (Å²) in [5, 5.41) is 6.07. The maximum absolute atomic E-state index is 12.1. The van der Waals surface area contributed by atoms with Crippen molar-refractivity contribution >= 4 is 29.1 Å². The Morgan fingerprint density at radius 1 is 1.63 bits per heavy atom. The van der Waals surface area contributed by atoms with Crippen molar-refractivity contribution in [2.24, 2.45) is 0 Å². The van der Waals surface area contributed by atoms with E-state index in [1.54, 1.807) is 11.3 Å². The first kappa shape index (κ1) is 14.7. The van der Waals surface area contributed by atoms with Crippen molar-refractivity contribution in [3.8, 4) is 0 Å². The number of nitrogens with zero attached hydrogens (tertiary/aromatic N) is 2. The molecule has 6 heteroatoms. The van der Waals surface area contributed by atoms with Crippen LogP contribution in [0.1, 0.15) is 31.7 Å². The van der Waals surface area contributed by atoms with Crippen LogP contribution < -0.4 is 5.32 Å². The summed E-state index contributed by atoms with van der Waals surface area (Å²) in [7, 11) is 0. The zero-order valence-electron chi connectivity index (χ0n) is 11.7. The van der Waals surface area contributed by atoms with Gasteiger partial charge in [0.25, 0.3) is 0 Å². The SMILES string of the molecule is C[C@@H](CNC(=O)N1CCSC(C)(C)C1)c1nccs1. The van der Waals surface area contributed by atoms with Crippen LogP contribution in [0.5, 0.6) is 0 Å². The van der Waals surface area contributed by atoms with Gasteiger partial charge in [-0.15, -0.1) is 11.3 Å². The molecule has 1 fully saturated rings. The summed E-state index contributed by atoms with van der Waals surface area (Å²) in [6.07, 6.45) is 1.81. The fourth-order valence-corrected chi connectivity index (χ4v) is 3.92. The molecular formula is C13H21N3OS2. The molecule has 1 aromatic rings. The highest BCUT2D eigenvalue weighted by atomic mass is 32.2. The molecule has 1 saturated heterocycles. The first-order chi connectivity index (χ1) is 8.98. The van der Waals surface area contributed by atoms with Gasteiger partial charge in [0.05, 0.1) is 5.01 Å². The summed E-state index contributed by atoms with van der Waals surface area (Å²) in [6.45, 7) is 8.77. The van der Waals surface area contributed by atoms with Gasteiger partial charge in [-0.3, -0.25) is 0 Å². The van der Waals surface area contributed by atoms with E-state index in [0.717, 1.165) is 23.8 Å². The van der Waals surface area contributed by atoms with Crippen LogP contribution in [0, 0.1) is 0 Å². The highest BCUT2D eigenvalue weighted by Crippen LogP contribution is 2.29. The maximum Gasteiger partial charge on any atom is 0.317 e. The van der Waals surface area contributed by atoms with E-state index < -0.39 is 0 Å². The minimum Gasteiger partial charge on any atom is -0.337 e.